The molecule has 0 heterocycles. The van der Waals surface area contributed by atoms with Crippen LogP contribution in [0, 0.1) is 5.41 Å². The van der Waals surface area contributed by atoms with Gasteiger partial charge in [0.2, 0.25) is 0 Å². The van der Waals surface area contributed by atoms with Gasteiger partial charge in [-0.15, -0.1) is 0 Å². The predicted molar refractivity (Wildman–Crippen MR) is 67.0 cm³/mol. The van der Waals surface area contributed by atoms with E-state index in [0.29, 0.717) is 6.54 Å². The molecule has 0 aliphatic heterocycles. The highest BCUT2D eigenvalue weighted by Crippen LogP contribution is 2.25. The molecule has 0 aliphatic rings. The molecule has 16 heavy (non-hydrogen) atoms. The lowest BCUT2D eigenvalue weighted by molar-refractivity contribution is 0.411. The highest BCUT2D eigenvalue weighted by molar-refractivity contribution is 9.10. The van der Waals surface area contributed by atoms with E-state index in [-0.39, 0.29) is 5.96 Å². The minimum Gasteiger partial charge on any atom is -0.496 e. The molecular weight excluding hydrogens is 271 g/mol. The first-order chi connectivity index (χ1) is 7.54. The molecule has 0 aliphatic carbocycles. The second-order valence-electron chi connectivity index (χ2n) is 3.06. The van der Waals surface area contributed by atoms with E-state index in [2.05, 4.69) is 21.4 Å². The number of guanidine groups is 1. The van der Waals surface area contributed by atoms with Crippen LogP contribution in [0.3, 0.4) is 0 Å². The summed E-state index contributed by atoms with van der Waals surface area (Å²) in [7, 11) is 7.00. The van der Waals surface area contributed by atoms with Gasteiger partial charge < -0.3 is 15.4 Å². The Labute approximate surface area is 104 Å². The SMILES string of the molecule is [B]N(NCc1ccc(OC)c(Br)c1)C(=N)N. The summed E-state index contributed by atoms with van der Waals surface area (Å²) >= 11 is 3.38. The minimum atomic E-state index is -0.243. The second kappa shape index (κ2) is 5.76. The lowest BCUT2D eigenvalue weighted by atomic mass is 10.2. The summed E-state index contributed by atoms with van der Waals surface area (Å²) in [4.78, 5) is 0.956. The molecule has 4 N–H and O–H groups in total. The largest absolute Gasteiger partial charge is 0.496 e. The molecule has 7 heteroatoms. The van der Waals surface area contributed by atoms with Gasteiger partial charge in [0, 0.05) is 6.54 Å². The summed E-state index contributed by atoms with van der Waals surface area (Å²) < 4.78 is 5.97. The number of hydrazine groups is 1. The van der Waals surface area contributed by atoms with E-state index < -0.39 is 0 Å². The summed E-state index contributed by atoms with van der Waals surface area (Å²) in [5, 5.41) is 7.06. The van der Waals surface area contributed by atoms with Crippen LogP contribution in [-0.2, 0) is 6.54 Å². The molecule has 0 fully saturated rings. The van der Waals surface area contributed by atoms with Crippen molar-refractivity contribution in [2.75, 3.05) is 7.11 Å². The van der Waals surface area contributed by atoms with Gasteiger partial charge in [0.15, 0.2) is 5.96 Å². The van der Waals surface area contributed by atoms with Gasteiger partial charge in [-0.05, 0) is 33.6 Å². The zero-order valence-electron chi connectivity index (χ0n) is 8.83. The van der Waals surface area contributed by atoms with Gasteiger partial charge >= 0.3 is 0 Å². The maximum absolute atomic E-state index is 7.06. The van der Waals surface area contributed by atoms with Gasteiger partial charge in [0.25, 0.3) is 7.98 Å². The lowest BCUT2D eigenvalue weighted by Crippen LogP contribution is -2.44. The quantitative estimate of drug-likeness (QED) is 0.330. The molecule has 0 amide bonds. The van der Waals surface area contributed by atoms with Gasteiger partial charge in [0.05, 0.1) is 11.6 Å². The highest BCUT2D eigenvalue weighted by atomic mass is 79.9. The number of hydrogen-bond donors (Lipinski definition) is 3. The first-order valence-corrected chi connectivity index (χ1v) is 5.28. The standard InChI is InChI=1S/C9H12BBrN4O/c1-16-8-3-2-6(4-7(8)11)5-14-15(10)9(12)13/h2-4,14H,5H2,1H3,(H3,12,13). The number of methoxy groups -OCH3 is 1. The average Bonchev–Trinajstić information content (AvgIpc) is 2.25. The van der Waals surface area contributed by atoms with E-state index in [1.807, 2.05) is 18.2 Å². The number of hydrogen-bond acceptors (Lipinski definition) is 3. The Morgan fingerprint density at radius 3 is 2.88 bits per heavy atom. The summed E-state index contributed by atoms with van der Waals surface area (Å²) in [6, 6.07) is 5.64. The van der Waals surface area contributed by atoms with Crippen LogP contribution in [0.25, 0.3) is 0 Å². The van der Waals surface area contributed by atoms with Crippen LogP contribution in [-0.4, -0.2) is 26.0 Å². The smallest absolute Gasteiger partial charge is 0.257 e. The first kappa shape index (κ1) is 12.9. The third-order valence-electron chi connectivity index (χ3n) is 1.93. The first-order valence-electron chi connectivity index (χ1n) is 4.49. The summed E-state index contributed by atoms with van der Waals surface area (Å²) in [5.41, 5.74) is 8.92. The summed E-state index contributed by atoms with van der Waals surface area (Å²) in [6.07, 6.45) is 0. The molecular formula is C9H12BBrN4O. The monoisotopic (exact) mass is 282 g/mol. The number of rotatable bonds is 4. The molecule has 5 nitrogen and oxygen atoms in total. The zero-order valence-corrected chi connectivity index (χ0v) is 10.4. The van der Waals surface area contributed by atoms with Gasteiger partial charge in [-0.2, -0.15) is 0 Å². The second-order valence-corrected chi connectivity index (χ2v) is 3.91. The fourth-order valence-electron chi connectivity index (χ4n) is 1.08. The Kier molecular flexibility index (Phi) is 4.63. The molecule has 0 saturated heterocycles. The van der Waals surface area contributed by atoms with Crippen LogP contribution in [0.15, 0.2) is 22.7 Å². The number of nitrogens with zero attached hydrogens (tertiary/aromatic N) is 1. The molecule has 0 aromatic heterocycles. The van der Waals surface area contributed by atoms with E-state index in [4.69, 9.17) is 23.9 Å². The summed E-state index contributed by atoms with van der Waals surface area (Å²) in [5.74, 6) is 0.521. The molecule has 0 saturated carbocycles. The molecule has 0 unspecified atom stereocenters. The Hall–Kier alpha value is -1.21. The van der Waals surface area contributed by atoms with E-state index in [9.17, 15) is 0 Å². The molecule has 0 bridgehead atoms. The number of ether oxygens (including phenoxy) is 1. The third-order valence-corrected chi connectivity index (χ3v) is 2.55. The fourth-order valence-corrected chi connectivity index (χ4v) is 1.67. The molecule has 0 atom stereocenters. The molecule has 84 valence electrons. The van der Waals surface area contributed by atoms with E-state index in [1.165, 1.54) is 0 Å². The Balaban J connectivity index is 2.62. The van der Waals surface area contributed by atoms with Crippen LogP contribution in [0.5, 0.6) is 5.75 Å². The maximum atomic E-state index is 7.06. The number of nitrogens with one attached hydrogen (secondary N) is 2. The van der Waals surface area contributed by atoms with E-state index in [0.717, 1.165) is 20.7 Å². The average molecular weight is 283 g/mol. The Morgan fingerprint density at radius 1 is 1.69 bits per heavy atom. The van der Waals surface area contributed by atoms with Crippen LogP contribution in [0.1, 0.15) is 5.56 Å². The van der Waals surface area contributed by atoms with Crippen molar-refractivity contribution in [3.05, 3.63) is 28.2 Å². The van der Waals surface area contributed by atoms with Crippen LogP contribution in [0.2, 0.25) is 0 Å². The molecule has 1 rings (SSSR count). The van der Waals surface area contributed by atoms with Crippen molar-refractivity contribution in [2.24, 2.45) is 5.73 Å². The van der Waals surface area contributed by atoms with Gasteiger partial charge in [0.1, 0.15) is 5.75 Å². The molecule has 1 aromatic rings. The van der Waals surface area contributed by atoms with Gasteiger partial charge in [-0.1, -0.05) is 6.07 Å². The maximum Gasteiger partial charge on any atom is 0.257 e. The van der Waals surface area contributed by atoms with Crippen LogP contribution < -0.4 is 15.9 Å². The zero-order chi connectivity index (χ0) is 12.1. The molecule has 1 aromatic carbocycles. The van der Waals surface area contributed by atoms with Crippen molar-refractivity contribution >= 4 is 29.9 Å². The predicted octanol–water partition coefficient (Wildman–Crippen LogP) is 0.741. The van der Waals surface area contributed by atoms with Crippen molar-refractivity contribution in [2.45, 2.75) is 6.54 Å². The van der Waals surface area contributed by atoms with Crippen molar-refractivity contribution in [1.82, 2.24) is 10.3 Å². The van der Waals surface area contributed by atoms with Crippen molar-refractivity contribution in [3.63, 3.8) is 0 Å². The number of benzene rings is 1. The normalized spacial score (nSPS) is 9.88. The lowest BCUT2D eigenvalue weighted by Gasteiger charge is -2.19. The number of nitrogens with two attached hydrogens (primary N) is 1. The van der Waals surface area contributed by atoms with Crippen molar-refractivity contribution in [3.8, 4) is 5.75 Å². The molecule has 0 spiro atoms. The number of halogens is 1. The minimum absolute atomic E-state index is 0.243. The summed E-state index contributed by atoms with van der Waals surface area (Å²) in [6.45, 7) is 0.471. The van der Waals surface area contributed by atoms with Gasteiger partial charge in [-0.3, -0.25) is 5.41 Å². The molecule has 2 radical (unpaired) electrons. The fraction of sp³-hybridized carbons (Fsp3) is 0.222. The van der Waals surface area contributed by atoms with Crippen LogP contribution in [0.4, 0.5) is 0 Å². The topological polar surface area (TPSA) is 74.4 Å². The van der Waals surface area contributed by atoms with E-state index >= 15 is 0 Å². The van der Waals surface area contributed by atoms with Crippen molar-refractivity contribution < 1.29 is 4.74 Å². The van der Waals surface area contributed by atoms with E-state index in [1.54, 1.807) is 7.11 Å². The third kappa shape index (κ3) is 3.43. The van der Waals surface area contributed by atoms with Gasteiger partial charge in [-0.25, -0.2) is 5.43 Å². The Bertz CT molecular complexity index is 388. The van der Waals surface area contributed by atoms with Crippen LogP contribution >= 0.6 is 15.9 Å². The highest BCUT2D eigenvalue weighted by Gasteiger charge is 2.02. The Morgan fingerprint density at radius 2 is 2.38 bits per heavy atom. The van der Waals surface area contributed by atoms with Crippen molar-refractivity contribution in [1.29, 1.82) is 5.41 Å².